The molecule has 2 aromatic carbocycles. The number of nitrogens with one attached hydrogen (secondary N) is 1. The van der Waals surface area contributed by atoms with E-state index in [4.69, 9.17) is 0 Å². The van der Waals surface area contributed by atoms with E-state index in [9.17, 15) is 9.18 Å². The van der Waals surface area contributed by atoms with Gasteiger partial charge in [-0.05, 0) is 61.6 Å². The molecule has 0 aliphatic rings. The molecule has 128 valence electrons. The molecular weight excluding hydrogens is 321 g/mol. The summed E-state index contributed by atoms with van der Waals surface area (Å²) < 4.78 is 13.5. The van der Waals surface area contributed by atoms with Gasteiger partial charge in [-0.25, -0.2) is 4.39 Å². The number of rotatable bonds is 6. The SMILES string of the molecule is Cc1cc(C)c([C@H](C)NC(=O)CSCc2ccccc2F)cc1C. The van der Waals surface area contributed by atoms with Gasteiger partial charge in [-0.1, -0.05) is 30.3 Å². The van der Waals surface area contributed by atoms with Crippen LogP contribution in [-0.4, -0.2) is 11.7 Å². The van der Waals surface area contributed by atoms with E-state index in [1.807, 2.05) is 13.0 Å². The first kappa shape index (κ1) is 18.5. The fourth-order valence-electron chi connectivity index (χ4n) is 2.68. The molecule has 0 unspecified atom stereocenters. The first-order valence-electron chi connectivity index (χ1n) is 8.06. The summed E-state index contributed by atoms with van der Waals surface area (Å²) in [5, 5.41) is 3.03. The smallest absolute Gasteiger partial charge is 0.230 e. The Hall–Kier alpha value is -1.81. The Balaban J connectivity index is 1.88. The van der Waals surface area contributed by atoms with Crippen molar-refractivity contribution in [2.24, 2.45) is 0 Å². The number of thioether (sulfide) groups is 1. The maximum atomic E-state index is 13.5. The van der Waals surface area contributed by atoms with E-state index in [0.717, 1.165) is 5.56 Å². The van der Waals surface area contributed by atoms with E-state index in [1.54, 1.807) is 12.1 Å². The van der Waals surface area contributed by atoms with Crippen LogP contribution in [0.4, 0.5) is 4.39 Å². The molecule has 0 aromatic heterocycles. The molecule has 24 heavy (non-hydrogen) atoms. The second-order valence-electron chi connectivity index (χ2n) is 6.17. The standard InChI is InChI=1S/C20H24FNOS/c1-13-9-15(3)18(10-14(13)2)16(4)22-20(23)12-24-11-17-7-5-6-8-19(17)21/h5-10,16H,11-12H2,1-4H3,(H,22,23)/t16-/m0/s1. The third-order valence-electron chi connectivity index (χ3n) is 4.17. The summed E-state index contributed by atoms with van der Waals surface area (Å²) in [6.07, 6.45) is 0. The van der Waals surface area contributed by atoms with Crippen molar-refractivity contribution in [1.29, 1.82) is 0 Å². The highest BCUT2D eigenvalue weighted by atomic mass is 32.2. The number of hydrogen-bond donors (Lipinski definition) is 1. The monoisotopic (exact) mass is 345 g/mol. The van der Waals surface area contributed by atoms with Crippen LogP contribution in [0.5, 0.6) is 0 Å². The molecule has 0 radical (unpaired) electrons. The summed E-state index contributed by atoms with van der Waals surface area (Å²) in [6.45, 7) is 8.24. The van der Waals surface area contributed by atoms with Crippen molar-refractivity contribution in [1.82, 2.24) is 5.32 Å². The minimum atomic E-state index is -0.218. The fourth-order valence-corrected chi connectivity index (χ4v) is 3.50. The van der Waals surface area contributed by atoms with Crippen LogP contribution in [0.1, 0.15) is 40.8 Å². The molecule has 4 heteroatoms. The molecule has 0 aliphatic heterocycles. The van der Waals surface area contributed by atoms with Crippen LogP contribution in [0.15, 0.2) is 36.4 Å². The van der Waals surface area contributed by atoms with Crippen molar-refractivity contribution < 1.29 is 9.18 Å². The van der Waals surface area contributed by atoms with E-state index < -0.39 is 0 Å². The summed E-state index contributed by atoms with van der Waals surface area (Å²) in [6, 6.07) is 10.9. The van der Waals surface area contributed by atoms with Crippen LogP contribution in [0.3, 0.4) is 0 Å². The number of halogens is 1. The number of carbonyl (C=O) groups excluding carboxylic acids is 1. The second kappa shape index (κ2) is 8.34. The van der Waals surface area contributed by atoms with Gasteiger partial charge in [0.2, 0.25) is 5.91 Å². The van der Waals surface area contributed by atoms with Crippen molar-refractivity contribution in [3.63, 3.8) is 0 Å². The first-order valence-corrected chi connectivity index (χ1v) is 9.22. The lowest BCUT2D eigenvalue weighted by Gasteiger charge is -2.18. The molecule has 0 saturated heterocycles. The average molecular weight is 345 g/mol. The van der Waals surface area contributed by atoms with Crippen LogP contribution in [0, 0.1) is 26.6 Å². The molecule has 1 amide bonds. The normalized spacial score (nSPS) is 12.0. The van der Waals surface area contributed by atoms with Gasteiger partial charge in [-0.15, -0.1) is 11.8 Å². The quantitative estimate of drug-likeness (QED) is 0.810. The van der Waals surface area contributed by atoms with Gasteiger partial charge in [0.1, 0.15) is 5.82 Å². The van der Waals surface area contributed by atoms with E-state index in [-0.39, 0.29) is 17.8 Å². The topological polar surface area (TPSA) is 29.1 Å². The number of amides is 1. The lowest BCUT2D eigenvalue weighted by atomic mass is 9.96. The molecule has 1 atom stereocenters. The average Bonchev–Trinajstić information content (AvgIpc) is 2.52. The summed E-state index contributed by atoms with van der Waals surface area (Å²) in [7, 11) is 0. The molecule has 2 nitrogen and oxygen atoms in total. The lowest BCUT2D eigenvalue weighted by molar-refractivity contribution is -0.119. The van der Waals surface area contributed by atoms with Crippen LogP contribution in [0.25, 0.3) is 0 Å². The van der Waals surface area contributed by atoms with E-state index in [0.29, 0.717) is 17.1 Å². The Labute approximate surface area is 147 Å². The highest BCUT2D eigenvalue weighted by Crippen LogP contribution is 2.22. The summed E-state index contributed by atoms with van der Waals surface area (Å²) in [4.78, 5) is 12.1. The minimum absolute atomic E-state index is 0.0264. The minimum Gasteiger partial charge on any atom is -0.349 e. The van der Waals surface area contributed by atoms with Crippen LogP contribution in [0.2, 0.25) is 0 Å². The molecule has 0 bridgehead atoms. The van der Waals surface area contributed by atoms with Gasteiger partial charge >= 0.3 is 0 Å². The van der Waals surface area contributed by atoms with Crippen LogP contribution >= 0.6 is 11.8 Å². The predicted molar refractivity (Wildman–Crippen MR) is 99.8 cm³/mol. The van der Waals surface area contributed by atoms with Crippen molar-refractivity contribution in [3.05, 3.63) is 70.0 Å². The Morgan fingerprint density at radius 2 is 1.79 bits per heavy atom. The van der Waals surface area contributed by atoms with Crippen LogP contribution < -0.4 is 5.32 Å². The molecule has 0 heterocycles. The molecule has 0 fully saturated rings. The summed E-state index contributed by atoms with van der Waals surface area (Å²) in [5.41, 5.74) is 5.45. The number of benzene rings is 2. The van der Waals surface area contributed by atoms with Gasteiger partial charge in [-0.2, -0.15) is 0 Å². The lowest BCUT2D eigenvalue weighted by Crippen LogP contribution is -2.28. The number of hydrogen-bond acceptors (Lipinski definition) is 2. The van der Waals surface area contributed by atoms with E-state index in [1.165, 1.54) is 34.5 Å². The van der Waals surface area contributed by atoms with Crippen molar-refractivity contribution >= 4 is 17.7 Å². The van der Waals surface area contributed by atoms with Crippen molar-refractivity contribution in [3.8, 4) is 0 Å². The molecule has 0 saturated carbocycles. The Morgan fingerprint density at radius 1 is 1.12 bits per heavy atom. The second-order valence-corrected chi connectivity index (χ2v) is 7.15. The van der Waals surface area contributed by atoms with Gasteiger partial charge in [0.05, 0.1) is 11.8 Å². The largest absolute Gasteiger partial charge is 0.349 e. The van der Waals surface area contributed by atoms with E-state index >= 15 is 0 Å². The zero-order valence-electron chi connectivity index (χ0n) is 14.7. The third kappa shape index (κ3) is 4.84. The molecular formula is C20H24FNOS. The Kier molecular flexibility index (Phi) is 6.44. The van der Waals surface area contributed by atoms with Crippen molar-refractivity contribution in [2.75, 3.05) is 5.75 Å². The molecule has 2 aromatic rings. The molecule has 1 N–H and O–H groups in total. The molecule has 0 aliphatic carbocycles. The maximum Gasteiger partial charge on any atom is 0.230 e. The predicted octanol–water partition coefficient (Wildman–Crippen LogP) is 4.86. The summed E-state index contributed by atoms with van der Waals surface area (Å²) in [5.74, 6) is 0.575. The highest BCUT2D eigenvalue weighted by Gasteiger charge is 2.13. The van der Waals surface area contributed by atoms with Gasteiger partial charge in [0, 0.05) is 5.75 Å². The third-order valence-corrected chi connectivity index (χ3v) is 5.16. The molecule has 2 rings (SSSR count). The van der Waals surface area contributed by atoms with E-state index in [2.05, 4.69) is 38.2 Å². The van der Waals surface area contributed by atoms with Gasteiger partial charge in [0.15, 0.2) is 0 Å². The van der Waals surface area contributed by atoms with Gasteiger partial charge in [-0.3, -0.25) is 4.79 Å². The molecule has 0 spiro atoms. The van der Waals surface area contributed by atoms with Gasteiger partial charge < -0.3 is 5.32 Å². The first-order chi connectivity index (χ1) is 11.4. The van der Waals surface area contributed by atoms with Crippen molar-refractivity contribution in [2.45, 2.75) is 39.5 Å². The summed E-state index contributed by atoms with van der Waals surface area (Å²) >= 11 is 1.42. The van der Waals surface area contributed by atoms with Crippen LogP contribution in [-0.2, 0) is 10.5 Å². The van der Waals surface area contributed by atoms with Gasteiger partial charge in [0.25, 0.3) is 0 Å². The zero-order valence-corrected chi connectivity index (χ0v) is 15.5. The number of carbonyl (C=O) groups is 1. The Bertz CT molecular complexity index is 730. The zero-order chi connectivity index (χ0) is 17.7. The highest BCUT2D eigenvalue weighted by molar-refractivity contribution is 7.99. The Morgan fingerprint density at radius 3 is 2.50 bits per heavy atom. The number of aryl methyl sites for hydroxylation is 3. The maximum absolute atomic E-state index is 13.5. The fraction of sp³-hybridized carbons (Fsp3) is 0.350.